The summed E-state index contributed by atoms with van der Waals surface area (Å²) in [7, 11) is 0. The van der Waals surface area contributed by atoms with E-state index < -0.39 is 0 Å². The molecule has 0 aliphatic heterocycles. The zero-order chi connectivity index (χ0) is 16.2. The van der Waals surface area contributed by atoms with E-state index in [4.69, 9.17) is 0 Å². The fourth-order valence-electron chi connectivity index (χ4n) is 2.48. The first kappa shape index (κ1) is 18.3. The van der Waals surface area contributed by atoms with Crippen molar-refractivity contribution in [2.75, 3.05) is 0 Å². The van der Waals surface area contributed by atoms with Crippen LogP contribution in [0.1, 0.15) is 63.6 Å². The molecule has 0 fully saturated rings. The molecule has 1 unspecified atom stereocenters. The summed E-state index contributed by atoms with van der Waals surface area (Å²) in [5, 5.41) is 3.61. The molecule has 0 aliphatic rings. The van der Waals surface area contributed by atoms with Crippen LogP contribution in [0.2, 0.25) is 0 Å². The zero-order valence-corrected chi connectivity index (χ0v) is 14.4. The van der Waals surface area contributed by atoms with Crippen LogP contribution in [0.5, 0.6) is 0 Å². The standard InChI is InChI=1S/C21H31N/c1-5-9-12-18-14-16-19(17-15-18)21(11-7-3)22-20(8-4)13-10-6-2/h6,8,10,13-17,21-22H,4-5,7,9,11-12H2,1-3H3/b10-6+,20-13+. The third-order valence-corrected chi connectivity index (χ3v) is 3.81. The summed E-state index contributed by atoms with van der Waals surface area (Å²) in [6, 6.07) is 9.44. The second-order valence-corrected chi connectivity index (χ2v) is 5.68. The molecule has 0 heterocycles. The van der Waals surface area contributed by atoms with Crippen molar-refractivity contribution in [3.63, 3.8) is 0 Å². The van der Waals surface area contributed by atoms with Gasteiger partial charge < -0.3 is 5.32 Å². The van der Waals surface area contributed by atoms with Crippen LogP contribution in [0, 0.1) is 0 Å². The van der Waals surface area contributed by atoms with Gasteiger partial charge in [-0.3, -0.25) is 0 Å². The Balaban J connectivity index is 2.83. The SMILES string of the molecule is C=C/C(=C\C=C\C)NC(CCC)c1ccc(CCCC)cc1. The predicted octanol–water partition coefficient (Wildman–Crippen LogP) is 6.11. The van der Waals surface area contributed by atoms with E-state index in [0.29, 0.717) is 6.04 Å². The number of hydrogen-bond donors (Lipinski definition) is 1. The molecule has 22 heavy (non-hydrogen) atoms. The van der Waals surface area contributed by atoms with E-state index in [1.165, 1.54) is 30.4 Å². The molecule has 0 saturated carbocycles. The number of hydrogen-bond acceptors (Lipinski definition) is 1. The molecule has 1 N–H and O–H groups in total. The Morgan fingerprint density at radius 1 is 1.18 bits per heavy atom. The molecule has 0 spiro atoms. The van der Waals surface area contributed by atoms with Crippen LogP contribution in [-0.4, -0.2) is 0 Å². The van der Waals surface area contributed by atoms with Gasteiger partial charge in [0, 0.05) is 5.70 Å². The molecule has 1 nitrogen and oxygen atoms in total. The summed E-state index contributed by atoms with van der Waals surface area (Å²) in [4.78, 5) is 0. The maximum absolute atomic E-state index is 3.90. The molecule has 0 saturated heterocycles. The molecular weight excluding hydrogens is 266 g/mol. The highest BCUT2D eigenvalue weighted by molar-refractivity contribution is 5.28. The minimum Gasteiger partial charge on any atom is -0.378 e. The fraction of sp³-hybridized carbons (Fsp3) is 0.429. The number of allylic oxidation sites excluding steroid dienone is 4. The normalized spacial score (nSPS) is 13.3. The van der Waals surface area contributed by atoms with Crippen molar-refractivity contribution in [1.82, 2.24) is 5.32 Å². The van der Waals surface area contributed by atoms with Crippen molar-refractivity contribution in [3.8, 4) is 0 Å². The average molecular weight is 297 g/mol. The second-order valence-electron chi connectivity index (χ2n) is 5.68. The highest BCUT2D eigenvalue weighted by atomic mass is 14.9. The Kier molecular flexibility index (Phi) is 9.06. The number of nitrogens with one attached hydrogen (secondary N) is 1. The number of unbranched alkanes of at least 4 members (excludes halogenated alkanes) is 1. The van der Waals surface area contributed by atoms with E-state index in [1.807, 2.05) is 25.2 Å². The molecule has 0 aliphatic carbocycles. The van der Waals surface area contributed by atoms with E-state index in [0.717, 1.165) is 18.5 Å². The topological polar surface area (TPSA) is 12.0 Å². The van der Waals surface area contributed by atoms with Crippen molar-refractivity contribution in [3.05, 3.63) is 72.0 Å². The number of rotatable bonds is 10. The summed E-state index contributed by atoms with van der Waals surface area (Å²) in [5.74, 6) is 0. The van der Waals surface area contributed by atoms with Gasteiger partial charge in [0.25, 0.3) is 0 Å². The van der Waals surface area contributed by atoms with Gasteiger partial charge in [0.05, 0.1) is 6.04 Å². The summed E-state index contributed by atoms with van der Waals surface area (Å²) in [6.45, 7) is 10.4. The maximum Gasteiger partial charge on any atom is 0.0513 e. The van der Waals surface area contributed by atoms with Gasteiger partial charge >= 0.3 is 0 Å². The predicted molar refractivity (Wildman–Crippen MR) is 98.9 cm³/mol. The highest BCUT2D eigenvalue weighted by Crippen LogP contribution is 2.21. The Morgan fingerprint density at radius 3 is 2.45 bits per heavy atom. The maximum atomic E-state index is 3.90. The first-order chi connectivity index (χ1) is 10.7. The van der Waals surface area contributed by atoms with Gasteiger partial charge in [-0.15, -0.1) is 0 Å². The number of aryl methyl sites for hydroxylation is 1. The van der Waals surface area contributed by atoms with Gasteiger partial charge in [0.2, 0.25) is 0 Å². The van der Waals surface area contributed by atoms with Gasteiger partial charge in [-0.2, -0.15) is 0 Å². The molecular formula is C21H31N. The van der Waals surface area contributed by atoms with Crippen molar-refractivity contribution >= 4 is 0 Å². The molecule has 0 amide bonds. The Hall–Kier alpha value is -1.76. The molecule has 1 heteroatoms. The molecule has 1 rings (SSSR count). The first-order valence-corrected chi connectivity index (χ1v) is 8.55. The van der Waals surface area contributed by atoms with Crippen molar-refractivity contribution in [1.29, 1.82) is 0 Å². The molecule has 0 aromatic heterocycles. The van der Waals surface area contributed by atoms with Crippen LogP contribution in [0.15, 0.2) is 60.8 Å². The Bertz CT molecular complexity index is 479. The van der Waals surface area contributed by atoms with Crippen molar-refractivity contribution in [2.24, 2.45) is 0 Å². The van der Waals surface area contributed by atoms with Crippen LogP contribution in [0.4, 0.5) is 0 Å². The van der Waals surface area contributed by atoms with E-state index in [2.05, 4.69) is 56.1 Å². The minimum atomic E-state index is 0.347. The fourth-order valence-corrected chi connectivity index (χ4v) is 2.48. The lowest BCUT2D eigenvalue weighted by Gasteiger charge is -2.21. The van der Waals surface area contributed by atoms with Gasteiger partial charge in [0.15, 0.2) is 0 Å². The van der Waals surface area contributed by atoms with E-state index in [1.54, 1.807) is 0 Å². The zero-order valence-electron chi connectivity index (χ0n) is 14.4. The monoisotopic (exact) mass is 297 g/mol. The minimum absolute atomic E-state index is 0.347. The van der Waals surface area contributed by atoms with Gasteiger partial charge in [-0.25, -0.2) is 0 Å². The van der Waals surface area contributed by atoms with Gasteiger partial charge in [-0.05, 0) is 49.5 Å². The van der Waals surface area contributed by atoms with Crippen LogP contribution in [0.3, 0.4) is 0 Å². The lowest BCUT2D eigenvalue weighted by molar-refractivity contribution is 0.550. The molecule has 120 valence electrons. The van der Waals surface area contributed by atoms with Crippen molar-refractivity contribution in [2.45, 2.75) is 58.9 Å². The molecule has 1 aromatic rings. The summed E-state index contributed by atoms with van der Waals surface area (Å²) >= 11 is 0. The molecule has 1 aromatic carbocycles. The van der Waals surface area contributed by atoms with Gasteiger partial charge in [0.1, 0.15) is 0 Å². The summed E-state index contributed by atoms with van der Waals surface area (Å²) < 4.78 is 0. The Morgan fingerprint density at radius 2 is 1.91 bits per heavy atom. The van der Waals surface area contributed by atoms with Crippen LogP contribution in [-0.2, 0) is 6.42 Å². The Labute approximate surface area is 136 Å². The molecule has 1 atom stereocenters. The van der Waals surface area contributed by atoms with Crippen molar-refractivity contribution < 1.29 is 0 Å². The van der Waals surface area contributed by atoms with Crippen LogP contribution < -0.4 is 5.32 Å². The molecule has 0 radical (unpaired) electrons. The number of benzene rings is 1. The molecule has 0 bridgehead atoms. The van der Waals surface area contributed by atoms with E-state index >= 15 is 0 Å². The average Bonchev–Trinajstić information content (AvgIpc) is 2.56. The first-order valence-electron chi connectivity index (χ1n) is 8.55. The van der Waals surface area contributed by atoms with Crippen LogP contribution >= 0.6 is 0 Å². The second kappa shape index (κ2) is 10.9. The highest BCUT2D eigenvalue weighted by Gasteiger charge is 2.10. The lowest BCUT2D eigenvalue weighted by Crippen LogP contribution is -2.19. The summed E-state index contributed by atoms with van der Waals surface area (Å²) in [6.07, 6.45) is 14.0. The van der Waals surface area contributed by atoms with Gasteiger partial charge in [-0.1, -0.05) is 69.7 Å². The quantitative estimate of drug-likeness (QED) is 0.514. The van der Waals surface area contributed by atoms with E-state index in [-0.39, 0.29) is 0 Å². The van der Waals surface area contributed by atoms with E-state index in [9.17, 15) is 0 Å². The summed E-state index contributed by atoms with van der Waals surface area (Å²) in [5.41, 5.74) is 3.87. The van der Waals surface area contributed by atoms with Crippen LogP contribution in [0.25, 0.3) is 0 Å². The third kappa shape index (κ3) is 6.34. The smallest absolute Gasteiger partial charge is 0.0513 e. The lowest BCUT2D eigenvalue weighted by atomic mass is 9.99. The third-order valence-electron chi connectivity index (χ3n) is 3.81. The largest absolute Gasteiger partial charge is 0.378 e.